The fourth-order valence-electron chi connectivity index (χ4n) is 3.65. The van der Waals surface area contributed by atoms with Crippen molar-refractivity contribution < 1.29 is 4.39 Å². The van der Waals surface area contributed by atoms with Crippen LogP contribution in [0, 0.1) is 12.7 Å². The zero-order valence-corrected chi connectivity index (χ0v) is 15.9. The van der Waals surface area contributed by atoms with Gasteiger partial charge in [-0.15, -0.1) is 0 Å². The summed E-state index contributed by atoms with van der Waals surface area (Å²) in [6.45, 7) is 4.06. The van der Waals surface area contributed by atoms with E-state index >= 15 is 0 Å². The Morgan fingerprint density at radius 3 is 2.36 bits per heavy atom. The monoisotopic (exact) mass is 378 g/mol. The van der Waals surface area contributed by atoms with Gasteiger partial charge >= 0.3 is 5.69 Å². The van der Waals surface area contributed by atoms with Gasteiger partial charge in [0.1, 0.15) is 12.1 Å². The number of halogens is 1. The third-order valence-corrected chi connectivity index (χ3v) is 5.35. The van der Waals surface area contributed by atoms with Gasteiger partial charge in [-0.2, -0.15) is 4.98 Å². The maximum absolute atomic E-state index is 13.1. The fraction of sp³-hybridized carbons (Fsp3) is 0.318. The molecule has 0 bridgehead atoms. The first-order valence-electron chi connectivity index (χ1n) is 9.58. The van der Waals surface area contributed by atoms with Crippen LogP contribution in [0.5, 0.6) is 0 Å². The van der Waals surface area contributed by atoms with E-state index in [4.69, 9.17) is 0 Å². The standard InChI is InChI=1S/C22H23FN4O/c1-16-2-4-17(5-3-16)14-27-15-24-21(25-22(27)28)26-12-10-19(11-13-26)18-6-8-20(23)9-7-18/h2-9,15,19H,10-14H2,1H3. The van der Waals surface area contributed by atoms with Gasteiger partial charge in [-0.05, 0) is 48.9 Å². The van der Waals surface area contributed by atoms with Crippen LogP contribution in [-0.2, 0) is 6.54 Å². The molecule has 4 rings (SSSR count). The number of piperidine rings is 1. The number of rotatable bonds is 4. The lowest BCUT2D eigenvalue weighted by Gasteiger charge is -2.32. The molecule has 0 radical (unpaired) electrons. The van der Waals surface area contributed by atoms with Gasteiger partial charge in [0.15, 0.2) is 0 Å². The van der Waals surface area contributed by atoms with Crippen LogP contribution in [0.3, 0.4) is 0 Å². The molecule has 0 spiro atoms. The summed E-state index contributed by atoms with van der Waals surface area (Å²) < 4.78 is 14.6. The molecule has 0 saturated carbocycles. The maximum atomic E-state index is 13.1. The smallest absolute Gasteiger partial charge is 0.341 e. The van der Waals surface area contributed by atoms with Crippen LogP contribution in [-0.4, -0.2) is 27.6 Å². The van der Waals surface area contributed by atoms with E-state index in [0.717, 1.165) is 37.1 Å². The summed E-state index contributed by atoms with van der Waals surface area (Å²) in [6, 6.07) is 14.8. The van der Waals surface area contributed by atoms with Crippen LogP contribution in [0.2, 0.25) is 0 Å². The molecule has 1 fully saturated rings. The van der Waals surface area contributed by atoms with Crippen LogP contribution in [0.4, 0.5) is 10.3 Å². The van der Waals surface area contributed by atoms with Gasteiger partial charge in [0.25, 0.3) is 0 Å². The summed E-state index contributed by atoms with van der Waals surface area (Å²) in [5.74, 6) is 0.683. The van der Waals surface area contributed by atoms with Gasteiger partial charge in [-0.3, -0.25) is 4.57 Å². The molecule has 0 N–H and O–H groups in total. The normalized spacial score (nSPS) is 15.0. The van der Waals surface area contributed by atoms with E-state index in [1.807, 2.05) is 43.3 Å². The molecule has 1 aliphatic heterocycles. The molecule has 0 aliphatic carbocycles. The summed E-state index contributed by atoms with van der Waals surface area (Å²) in [6.07, 6.45) is 3.44. The minimum absolute atomic E-state index is 0.208. The highest BCUT2D eigenvalue weighted by atomic mass is 19.1. The number of nitrogens with zero attached hydrogens (tertiary/aromatic N) is 4. The van der Waals surface area contributed by atoms with E-state index in [9.17, 15) is 9.18 Å². The van der Waals surface area contributed by atoms with Gasteiger partial charge in [-0.25, -0.2) is 14.2 Å². The van der Waals surface area contributed by atoms with Crippen molar-refractivity contribution >= 4 is 5.95 Å². The van der Waals surface area contributed by atoms with E-state index in [0.29, 0.717) is 18.4 Å². The summed E-state index contributed by atoms with van der Waals surface area (Å²) in [5.41, 5.74) is 3.11. The summed E-state index contributed by atoms with van der Waals surface area (Å²) >= 11 is 0. The highest BCUT2D eigenvalue weighted by molar-refractivity contribution is 5.31. The van der Waals surface area contributed by atoms with Crippen molar-refractivity contribution in [3.05, 3.63) is 87.9 Å². The molecule has 2 heterocycles. The van der Waals surface area contributed by atoms with Gasteiger partial charge in [0.2, 0.25) is 5.95 Å². The first-order chi connectivity index (χ1) is 13.6. The Morgan fingerprint density at radius 2 is 1.71 bits per heavy atom. The Kier molecular flexibility index (Phi) is 5.19. The molecule has 2 aromatic carbocycles. The first kappa shape index (κ1) is 18.3. The van der Waals surface area contributed by atoms with Crippen LogP contribution < -0.4 is 10.6 Å². The number of benzene rings is 2. The molecular weight excluding hydrogens is 355 g/mol. The van der Waals surface area contributed by atoms with Gasteiger partial charge in [-0.1, -0.05) is 42.0 Å². The van der Waals surface area contributed by atoms with E-state index in [-0.39, 0.29) is 11.5 Å². The lowest BCUT2D eigenvalue weighted by atomic mass is 9.89. The van der Waals surface area contributed by atoms with Crippen LogP contribution in [0.15, 0.2) is 59.7 Å². The quantitative estimate of drug-likeness (QED) is 0.697. The molecule has 0 amide bonds. The molecule has 28 heavy (non-hydrogen) atoms. The third-order valence-electron chi connectivity index (χ3n) is 5.35. The predicted molar refractivity (Wildman–Crippen MR) is 107 cm³/mol. The molecule has 3 aromatic rings. The van der Waals surface area contributed by atoms with Crippen LogP contribution in [0.1, 0.15) is 35.4 Å². The largest absolute Gasteiger partial charge is 0.352 e. The molecule has 1 aliphatic rings. The first-order valence-corrected chi connectivity index (χ1v) is 9.58. The molecule has 6 heteroatoms. The Labute approximate surface area is 163 Å². The number of aryl methyl sites for hydroxylation is 1. The molecule has 0 atom stereocenters. The second-order valence-corrected chi connectivity index (χ2v) is 7.37. The Balaban J connectivity index is 1.41. The van der Waals surface area contributed by atoms with Crippen molar-refractivity contribution in [2.75, 3.05) is 18.0 Å². The van der Waals surface area contributed by atoms with E-state index in [2.05, 4.69) is 14.9 Å². The highest BCUT2D eigenvalue weighted by Gasteiger charge is 2.22. The van der Waals surface area contributed by atoms with E-state index in [1.54, 1.807) is 6.33 Å². The Hall–Kier alpha value is -3.02. The van der Waals surface area contributed by atoms with Crippen molar-refractivity contribution in [2.45, 2.75) is 32.2 Å². The fourth-order valence-corrected chi connectivity index (χ4v) is 3.65. The molecular formula is C22H23FN4O. The maximum Gasteiger partial charge on any atom is 0.352 e. The third kappa shape index (κ3) is 4.11. The van der Waals surface area contributed by atoms with E-state index in [1.165, 1.54) is 22.3 Å². The van der Waals surface area contributed by atoms with Crippen molar-refractivity contribution in [3.63, 3.8) is 0 Å². The summed E-state index contributed by atoms with van der Waals surface area (Å²) in [7, 11) is 0. The minimum Gasteiger partial charge on any atom is -0.341 e. The van der Waals surface area contributed by atoms with Crippen LogP contribution >= 0.6 is 0 Å². The summed E-state index contributed by atoms with van der Waals surface area (Å²) in [4.78, 5) is 23.1. The number of hydrogen-bond donors (Lipinski definition) is 0. The average Bonchev–Trinajstić information content (AvgIpc) is 2.72. The highest BCUT2D eigenvalue weighted by Crippen LogP contribution is 2.29. The van der Waals surface area contributed by atoms with Crippen LogP contribution in [0.25, 0.3) is 0 Å². The second kappa shape index (κ2) is 7.92. The topological polar surface area (TPSA) is 51.0 Å². The van der Waals surface area contributed by atoms with Crippen molar-refractivity contribution in [3.8, 4) is 0 Å². The number of anilines is 1. The lowest BCUT2D eigenvalue weighted by Crippen LogP contribution is -2.36. The van der Waals surface area contributed by atoms with Crippen molar-refractivity contribution in [2.24, 2.45) is 0 Å². The number of hydrogen-bond acceptors (Lipinski definition) is 4. The summed E-state index contributed by atoms with van der Waals surface area (Å²) in [5, 5.41) is 0. The minimum atomic E-state index is -0.286. The van der Waals surface area contributed by atoms with Gasteiger partial charge in [0.05, 0.1) is 6.54 Å². The molecule has 1 aromatic heterocycles. The lowest BCUT2D eigenvalue weighted by molar-refractivity contribution is 0.496. The second-order valence-electron chi connectivity index (χ2n) is 7.37. The van der Waals surface area contributed by atoms with E-state index < -0.39 is 0 Å². The van der Waals surface area contributed by atoms with Gasteiger partial charge in [0, 0.05) is 13.1 Å². The molecule has 5 nitrogen and oxygen atoms in total. The molecule has 0 unspecified atom stereocenters. The zero-order chi connectivity index (χ0) is 19.5. The molecule has 144 valence electrons. The van der Waals surface area contributed by atoms with Crippen molar-refractivity contribution in [1.29, 1.82) is 0 Å². The predicted octanol–water partition coefficient (Wildman–Crippen LogP) is 3.52. The Bertz CT molecular complexity index is 990. The van der Waals surface area contributed by atoms with Gasteiger partial charge < -0.3 is 4.90 Å². The average molecular weight is 378 g/mol. The van der Waals surface area contributed by atoms with Crippen molar-refractivity contribution in [1.82, 2.24) is 14.5 Å². The number of aromatic nitrogens is 3. The Morgan fingerprint density at radius 1 is 1.04 bits per heavy atom. The SMILES string of the molecule is Cc1ccc(Cn2cnc(N3CCC(c4ccc(F)cc4)CC3)nc2=O)cc1. The zero-order valence-electron chi connectivity index (χ0n) is 15.9. The molecule has 1 saturated heterocycles.